The summed E-state index contributed by atoms with van der Waals surface area (Å²) < 4.78 is 0. The van der Waals surface area contributed by atoms with Crippen molar-refractivity contribution >= 4 is 78.6 Å². The van der Waals surface area contributed by atoms with Crippen molar-refractivity contribution in [2.24, 2.45) is 0 Å². The van der Waals surface area contributed by atoms with Crippen LogP contribution in [0.3, 0.4) is 0 Å². The smallest absolute Gasteiger partial charge is 0.263 e. The van der Waals surface area contributed by atoms with Crippen molar-refractivity contribution in [2.45, 2.75) is 6.54 Å². The number of hydrogen-bond donors (Lipinski definition) is 2. The maximum atomic E-state index is 13.4. The zero-order valence-corrected chi connectivity index (χ0v) is 20.9. The van der Waals surface area contributed by atoms with Gasteiger partial charge in [-0.05, 0) is 54.1 Å². The second-order valence-electron chi connectivity index (χ2n) is 9.26. The molecule has 9 heteroatoms. The van der Waals surface area contributed by atoms with Gasteiger partial charge in [-0.3, -0.25) is 24.1 Å². The third-order valence-electron chi connectivity index (χ3n) is 7.06. The van der Waals surface area contributed by atoms with E-state index < -0.39 is 11.8 Å². The Labute approximate surface area is 223 Å². The zero-order valence-electron chi connectivity index (χ0n) is 19.4. The van der Waals surface area contributed by atoms with E-state index in [1.807, 2.05) is 12.1 Å². The first-order chi connectivity index (χ1) is 18.3. The average molecular weight is 540 g/mol. The third-order valence-corrected chi connectivity index (χ3v) is 7.86. The predicted octanol–water partition coefficient (Wildman–Crippen LogP) is 5.78. The summed E-state index contributed by atoms with van der Waals surface area (Å²) in [5.74, 6) is -0.990. The van der Waals surface area contributed by atoms with E-state index in [1.165, 1.54) is 12.1 Å². The number of aromatic amines is 2. The lowest BCUT2D eigenvalue weighted by atomic mass is 10.0. The number of H-pyrrole nitrogens is 2. The van der Waals surface area contributed by atoms with Crippen LogP contribution in [0.15, 0.2) is 76.3 Å². The molecule has 1 aliphatic rings. The van der Waals surface area contributed by atoms with E-state index in [0.717, 1.165) is 4.90 Å². The molecule has 6 aromatic rings. The van der Waals surface area contributed by atoms with Gasteiger partial charge in [0.05, 0.1) is 44.3 Å². The van der Waals surface area contributed by atoms with Crippen LogP contribution in [0.4, 0.5) is 0 Å². The van der Waals surface area contributed by atoms with Gasteiger partial charge in [0.25, 0.3) is 11.8 Å². The SMILES string of the molecule is O=C1c2ccc(Cl)c(Cl)c2C(=O)N1Cc1ccc2c(=O)c3cc4[nH]c5ccccc5c(=O)c4cc3[nH]c2c1. The Kier molecular flexibility index (Phi) is 4.79. The highest BCUT2D eigenvalue weighted by Gasteiger charge is 2.38. The Morgan fingerprint density at radius 2 is 1.26 bits per heavy atom. The normalized spacial score (nSPS) is 13.4. The zero-order chi connectivity index (χ0) is 26.3. The van der Waals surface area contributed by atoms with Crippen molar-refractivity contribution in [1.82, 2.24) is 14.9 Å². The van der Waals surface area contributed by atoms with Gasteiger partial charge in [-0.1, -0.05) is 41.4 Å². The number of amides is 2. The van der Waals surface area contributed by atoms with Crippen LogP contribution in [-0.2, 0) is 6.54 Å². The summed E-state index contributed by atoms with van der Waals surface area (Å²) in [5.41, 5.74) is 2.91. The molecule has 0 saturated heterocycles. The molecule has 7 nitrogen and oxygen atoms in total. The van der Waals surface area contributed by atoms with Crippen LogP contribution in [0.1, 0.15) is 26.3 Å². The minimum atomic E-state index is -0.525. The molecular formula is C29H15Cl2N3O4. The van der Waals surface area contributed by atoms with Crippen molar-refractivity contribution in [1.29, 1.82) is 0 Å². The Morgan fingerprint density at radius 3 is 2.00 bits per heavy atom. The molecule has 1 aliphatic heterocycles. The second kappa shape index (κ2) is 8.02. The lowest BCUT2D eigenvalue weighted by molar-refractivity contribution is 0.0642. The van der Waals surface area contributed by atoms with Crippen molar-refractivity contribution in [2.75, 3.05) is 0 Å². The van der Waals surface area contributed by atoms with E-state index in [2.05, 4.69) is 9.97 Å². The van der Waals surface area contributed by atoms with Crippen LogP contribution >= 0.6 is 23.2 Å². The summed E-state index contributed by atoms with van der Waals surface area (Å²) in [7, 11) is 0. The van der Waals surface area contributed by atoms with E-state index in [-0.39, 0.29) is 38.6 Å². The van der Waals surface area contributed by atoms with Crippen LogP contribution in [0.2, 0.25) is 10.0 Å². The van der Waals surface area contributed by atoms with Gasteiger partial charge >= 0.3 is 0 Å². The standard InChI is InChI=1S/C29H15Cl2N3O4/c30-19-8-7-16-24(25(19)31)29(38)34(28(16)37)12-13-5-6-15-21(9-13)33-23-11-17-22(10-18(23)27(15)36)32-20-4-2-1-3-14(20)26(17)35/h1-11H,12H2,(H,32,35)(H,33,36). The minimum absolute atomic E-state index is 0.0142. The number of imide groups is 1. The average Bonchev–Trinajstić information content (AvgIpc) is 3.15. The summed E-state index contributed by atoms with van der Waals surface area (Å²) in [5, 5.41) is 2.16. The third kappa shape index (κ3) is 3.16. The Morgan fingerprint density at radius 1 is 0.632 bits per heavy atom. The predicted molar refractivity (Wildman–Crippen MR) is 148 cm³/mol. The van der Waals surface area contributed by atoms with E-state index in [1.54, 1.807) is 42.5 Å². The van der Waals surface area contributed by atoms with Gasteiger partial charge in [0.2, 0.25) is 0 Å². The minimum Gasteiger partial charge on any atom is -0.354 e. The molecule has 3 heterocycles. The Hall–Kier alpha value is -4.46. The summed E-state index contributed by atoms with van der Waals surface area (Å²) in [6.07, 6.45) is 0. The molecule has 0 atom stereocenters. The van der Waals surface area contributed by atoms with Crippen LogP contribution < -0.4 is 10.9 Å². The van der Waals surface area contributed by atoms with Crippen molar-refractivity contribution in [3.05, 3.63) is 114 Å². The van der Waals surface area contributed by atoms with Crippen molar-refractivity contribution in [3.8, 4) is 0 Å². The quantitative estimate of drug-likeness (QED) is 0.215. The molecule has 184 valence electrons. The first kappa shape index (κ1) is 22.7. The van der Waals surface area contributed by atoms with Gasteiger partial charge in [-0.25, -0.2) is 0 Å². The number of carbonyl (C=O) groups excluding carboxylic acids is 2. The molecule has 0 radical (unpaired) electrons. The van der Waals surface area contributed by atoms with Crippen LogP contribution in [-0.4, -0.2) is 26.7 Å². The largest absolute Gasteiger partial charge is 0.354 e. The number of rotatable bonds is 2. The van der Waals surface area contributed by atoms with E-state index in [0.29, 0.717) is 49.2 Å². The Bertz CT molecular complexity index is 2180. The number of pyridine rings is 2. The first-order valence-corrected chi connectivity index (χ1v) is 12.4. The molecule has 38 heavy (non-hydrogen) atoms. The van der Waals surface area contributed by atoms with Crippen molar-refractivity contribution < 1.29 is 9.59 Å². The van der Waals surface area contributed by atoms with Gasteiger partial charge in [-0.2, -0.15) is 0 Å². The highest BCUT2D eigenvalue weighted by Crippen LogP contribution is 2.35. The van der Waals surface area contributed by atoms with Crippen LogP contribution in [0.5, 0.6) is 0 Å². The van der Waals surface area contributed by atoms with Gasteiger partial charge in [0.1, 0.15) is 0 Å². The summed E-state index contributed by atoms with van der Waals surface area (Å²) >= 11 is 12.3. The van der Waals surface area contributed by atoms with Gasteiger partial charge in [-0.15, -0.1) is 0 Å². The molecule has 4 aromatic carbocycles. The Balaban J connectivity index is 1.35. The number of carbonyl (C=O) groups is 2. The van der Waals surface area contributed by atoms with Gasteiger partial charge < -0.3 is 9.97 Å². The van der Waals surface area contributed by atoms with Crippen LogP contribution in [0.25, 0.3) is 43.6 Å². The van der Waals surface area contributed by atoms with Gasteiger partial charge in [0, 0.05) is 27.1 Å². The molecule has 7 rings (SSSR count). The fourth-order valence-corrected chi connectivity index (χ4v) is 5.58. The summed E-state index contributed by atoms with van der Waals surface area (Å²) in [6.45, 7) is -0.0142. The molecule has 0 bridgehead atoms. The fraction of sp³-hybridized carbons (Fsp3) is 0.0345. The maximum absolute atomic E-state index is 13.4. The van der Waals surface area contributed by atoms with E-state index in [9.17, 15) is 19.2 Å². The number of nitrogens with one attached hydrogen (secondary N) is 2. The molecule has 0 aliphatic carbocycles. The fourth-order valence-electron chi connectivity index (χ4n) is 5.18. The molecule has 0 spiro atoms. The number of benzene rings is 4. The van der Waals surface area contributed by atoms with Gasteiger partial charge in [0.15, 0.2) is 10.9 Å². The topological polar surface area (TPSA) is 103 Å². The lowest BCUT2D eigenvalue weighted by Gasteiger charge is -2.14. The number of aromatic nitrogens is 2. The highest BCUT2D eigenvalue weighted by molar-refractivity contribution is 6.45. The number of hydrogen-bond acceptors (Lipinski definition) is 4. The van der Waals surface area contributed by atoms with E-state index in [4.69, 9.17) is 23.2 Å². The number of para-hydroxylation sites is 1. The van der Waals surface area contributed by atoms with Crippen molar-refractivity contribution in [3.63, 3.8) is 0 Å². The summed E-state index contributed by atoms with van der Waals surface area (Å²) in [4.78, 5) is 60.1. The number of fused-ring (bicyclic) bond motifs is 5. The summed E-state index contributed by atoms with van der Waals surface area (Å²) in [6, 6.07) is 18.7. The molecule has 2 amide bonds. The molecule has 0 unspecified atom stereocenters. The monoisotopic (exact) mass is 539 g/mol. The molecule has 2 N–H and O–H groups in total. The van der Waals surface area contributed by atoms with E-state index >= 15 is 0 Å². The molecule has 0 fully saturated rings. The second-order valence-corrected chi connectivity index (χ2v) is 10.0. The number of nitrogens with zero attached hydrogens (tertiary/aromatic N) is 1. The first-order valence-electron chi connectivity index (χ1n) is 11.7. The molecule has 2 aromatic heterocycles. The lowest BCUT2D eigenvalue weighted by Crippen LogP contribution is -2.29. The maximum Gasteiger partial charge on any atom is 0.263 e. The molecule has 0 saturated carbocycles. The number of halogens is 2. The molecular weight excluding hydrogens is 525 g/mol. The highest BCUT2D eigenvalue weighted by atomic mass is 35.5. The van der Waals surface area contributed by atoms with Crippen LogP contribution in [0, 0.1) is 0 Å².